The summed E-state index contributed by atoms with van der Waals surface area (Å²) in [6, 6.07) is 18.6. The summed E-state index contributed by atoms with van der Waals surface area (Å²) >= 11 is 43.6. The number of carbonyl (C=O) groups excluding carboxylic acids is 6. The Hall–Kier alpha value is -5.65. The number of nitrogens with one attached hydrogen (secondary N) is 4. The number of ether oxygens (including phenoxy) is 1. The maximum Gasteiger partial charge on any atom is 0.258 e. The lowest BCUT2D eigenvalue weighted by Crippen LogP contribution is -2.32. The Morgan fingerprint density at radius 1 is 0.562 bits per heavy atom. The number of benzene rings is 5. The van der Waals surface area contributed by atoms with Crippen LogP contribution in [0.1, 0.15) is 34.6 Å². The van der Waals surface area contributed by atoms with Crippen LogP contribution < -0.4 is 26.0 Å². The monoisotopic (exact) mass is 1000 g/mol. The van der Waals surface area contributed by atoms with Gasteiger partial charge in [0, 0.05) is 11.8 Å². The molecule has 0 aliphatic carbocycles. The zero-order chi connectivity index (χ0) is 46.7. The van der Waals surface area contributed by atoms with Gasteiger partial charge >= 0.3 is 0 Å². The SMILES string of the molecule is CC(=O)C(N=Nc1cccc(C(=O)Nc2c(Cl)cccc2Cl)c1Cl)C(=O)Nc1ccc(NC(=O)C(N=Nc2cccc(C(=O)Nc3c(Cl)cccc3Cl)c2Cl)C(C)=O)c(OCCCl)c1. The molecule has 330 valence electrons. The van der Waals surface area contributed by atoms with Crippen molar-refractivity contribution in [1.29, 1.82) is 0 Å². The van der Waals surface area contributed by atoms with E-state index in [1.165, 1.54) is 78.9 Å². The van der Waals surface area contributed by atoms with E-state index in [-0.39, 0.29) is 93.6 Å². The second-order valence-electron chi connectivity index (χ2n) is 13.1. The van der Waals surface area contributed by atoms with E-state index < -0.39 is 47.3 Å². The summed E-state index contributed by atoms with van der Waals surface area (Å²) in [6.07, 6.45) is 0. The minimum Gasteiger partial charge on any atom is -0.490 e. The summed E-state index contributed by atoms with van der Waals surface area (Å²) in [4.78, 5) is 78.3. The summed E-state index contributed by atoms with van der Waals surface area (Å²) in [6.45, 7) is 2.20. The third-order valence-corrected chi connectivity index (χ3v) is 10.7. The molecule has 0 aliphatic rings. The van der Waals surface area contributed by atoms with Crippen molar-refractivity contribution in [2.24, 2.45) is 20.5 Å². The number of rotatable bonds is 17. The van der Waals surface area contributed by atoms with Gasteiger partial charge in [0.2, 0.25) is 12.1 Å². The van der Waals surface area contributed by atoms with Crippen LogP contribution in [0.2, 0.25) is 30.1 Å². The van der Waals surface area contributed by atoms with Crippen LogP contribution in [0.25, 0.3) is 0 Å². The van der Waals surface area contributed by atoms with Gasteiger partial charge in [-0.15, -0.1) is 11.6 Å². The van der Waals surface area contributed by atoms with E-state index in [9.17, 15) is 28.8 Å². The number of amides is 4. The maximum atomic E-state index is 13.5. The third-order valence-electron chi connectivity index (χ3n) is 8.52. The molecule has 15 nitrogen and oxygen atoms in total. The molecule has 64 heavy (non-hydrogen) atoms. The van der Waals surface area contributed by atoms with Gasteiger partial charge in [-0.25, -0.2) is 0 Å². The van der Waals surface area contributed by atoms with E-state index in [1.807, 2.05) is 0 Å². The number of hydrogen-bond donors (Lipinski definition) is 4. The molecule has 0 bridgehead atoms. The topological polar surface area (TPSA) is 209 Å². The highest BCUT2D eigenvalue weighted by Gasteiger charge is 2.27. The molecule has 4 N–H and O–H groups in total. The van der Waals surface area contributed by atoms with E-state index in [4.69, 9.17) is 85.9 Å². The molecule has 2 atom stereocenters. The normalized spacial score (nSPS) is 12.1. The molecule has 4 amide bonds. The summed E-state index contributed by atoms with van der Waals surface area (Å²) in [5.74, 6) is -4.51. The van der Waals surface area contributed by atoms with Crippen LogP contribution in [0.3, 0.4) is 0 Å². The molecule has 0 saturated heterocycles. The predicted molar refractivity (Wildman–Crippen MR) is 250 cm³/mol. The smallest absolute Gasteiger partial charge is 0.258 e. The average molecular weight is 1010 g/mol. The Kier molecular flexibility index (Phi) is 17.6. The molecule has 0 heterocycles. The molecule has 0 spiro atoms. The quantitative estimate of drug-likeness (QED) is 0.0402. The van der Waals surface area contributed by atoms with Crippen LogP contribution in [0.15, 0.2) is 111 Å². The van der Waals surface area contributed by atoms with Gasteiger partial charge in [-0.3, -0.25) is 28.8 Å². The van der Waals surface area contributed by atoms with Crippen LogP contribution in [0.4, 0.5) is 34.1 Å². The number of carbonyl (C=O) groups is 6. The first-order chi connectivity index (χ1) is 30.5. The molecule has 0 radical (unpaired) electrons. The van der Waals surface area contributed by atoms with Gasteiger partial charge in [0.15, 0.2) is 11.6 Å². The Labute approximate surface area is 399 Å². The number of hydrogen-bond acceptors (Lipinski definition) is 11. The van der Waals surface area contributed by atoms with Crippen LogP contribution in [0.5, 0.6) is 5.75 Å². The molecule has 0 saturated carbocycles. The second kappa shape index (κ2) is 22.8. The lowest BCUT2D eigenvalue weighted by molar-refractivity contribution is -0.127. The molecule has 5 aromatic rings. The largest absolute Gasteiger partial charge is 0.490 e. The molecule has 0 aromatic heterocycles. The predicted octanol–water partition coefficient (Wildman–Crippen LogP) is 12.1. The number of anilines is 4. The van der Waals surface area contributed by atoms with E-state index in [0.29, 0.717) is 0 Å². The van der Waals surface area contributed by atoms with Gasteiger partial charge in [-0.05, 0) is 74.5 Å². The summed E-state index contributed by atoms with van der Waals surface area (Å²) in [5, 5.41) is 26.6. The van der Waals surface area contributed by atoms with Crippen molar-refractivity contribution in [1.82, 2.24) is 0 Å². The fourth-order valence-corrected chi connectivity index (χ4v) is 6.96. The van der Waals surface area contributed by atoms with Gasteiger partial charge in [-0.2, -0.15) is 20.5 Å². The van der Waals surface area contributed by atoms with Gasteiger partial charge in [0.05, 0.1) is 64.2 Å². The van der Waals surface area contributed by atoms with Gasteiger partial charge in [-0.1, -0.05) is 93.9 Å². The lowest BCUT2D eigenvalue weighted by Gasteiger charge is -2.16. The summed E-state index contributed by atoms with van der Waals surface area (Å²) in [7, 11) is 0. The van der Waals surface area contributed by atoms with Crippen molar-refractivity contribution >= 4 is 151 Å². The minimum atomic E-state index is -1.69. The molecular formula is C42H31Cl7N8O7. The maximum absolute atomic E-state index is 13.5. The Bertz CT molecular complexity index is 2680. The number of nitrogens with zero attached hydrogens (tertiary/aromatic N) is 4. The minimum absolute atomic E-state index is 0.00683. The first-order valence-corrected chi connectivity index (χ1v) is 21.2. The van der Waals surface area contributed by atoms with E-state index in [1.54, 1.807) is 12.1 Å². The molecule has 22 heteroatoms. The zero-order valence-electron chi connectivity index (χ0n) is 33.0. The van der Waals surface area contributed by atoms with Gasteiger partial charge in [0.25, 0.3) is 23.6 Å². The molecule has 2 unspecified atom stereocenters. The standard InChI is InChI=1S/C42H31Cl7N8O7/c1-20(58)35(56-54-30-13-3-7-23(33(30)48)39(60)52-37-25(44)9-5-10-26(37)45)41(62)50-22-15-16-29(32(19-22)64-18-17-43)51-42(63)36(21(2)59)57-55-31-14-4-8-24(34(31)49)40(61)53-38-27(46)11-6-12-28(38)47/h3-16,19,35-36H,17-18H2,1-2H3,(H,50,62)(H,51,63)(H,52,60)(H,53,61). The van der Waals surface area contributed by atoms with Crippen molar-refractivity contribution in [3.63, 3.8) is 0 Å². The van der Waals surface area contributed by atoms with Crippen molar-refractivity contribution in [2.75, 3.05) is 33.8 Å². The molecule has 5 aromatic carbocycles. The first-order valence-electron chi connectivity index (χ1n) is 18.4. The van der Waals surface area contributed by atoms with Gasteiger partial charge in [0.1, 0.15) is 23.7 Å². The van der Waals surface area contributed by atoms with Crippen molar-refractivity contribution in [2.45, 2.75) is 25.9 Å². The number of halogens is 7. The molecule has 0 aliphatic heterocycles. The third kappa shape index (κ3) is 12.5. The highest BCUT2D eigenvalue weighted by atomic mass is 35.5. The highest BCUT2D eigenvalue weighted by molar-refractivity contribution is 6.42. The Morgan fingerprint density at radius 2 is 0.984 bits per heavy atom. The number of ketones is 2. The molecule has 5 rings (SSSR count). The van der Waals surface area contributed by atoms with Crippen molar-refractivity contribution in [3.8, 4) is 5.75 Å². The van der Waals surface area contributed by atoms with E-state index >= 15 is 0 Å². The second-order valence-corrected chi connectivity index (χ2v) is 15.8. The van der Waals surface area contributed by atoms with Crippen molar-refractivity contribution < 1.29 is 33.5 Å². The highest BCUT2D eigenvalue weighted by Crippen LogP contribution is 2.36. The lowest BCUT2D eigenvalue weighted by atomic mass is 10.1. The average Bonchev–Trinajstić information content (AvgIpc) is 3.24. The fraction of sp³-hybridized carbons (Fsp3) is 0.143. The zero-order valence-corrected chi connectivity index (χ0v) is 38.3. The van der Waals surface area contributed by atoms with Crippen LogP contribution in [-0.2, 0) is 19.2 Å². The number of azo groups is 2. The Balaban J connectivity index is 1.30. The van der Waals surface area contributed by atoms with Gasteiger partial charge < -0.3 is 26.0 Å². The van der Waals surface area contributed by atoms with E-state index in [0.717, 1.165) is 13.8 Å². The molecular weight excluding hydrogens is 977 g/mol. The van der Waals surface area contributed by atoms with Crippen LogP contribution in [0, 0.1) is 0 Å². The number of Topliss-reactive ketones (excluding diaryl/α,β-unsaturated/α-hetero) is 2. The fourth-order valence-electron chi connectivity index (χ4n) is 5.40. The van der Waals surface area contributed by atoms with Crippen molar-refractivity contribution in [3.05, 3.63) is 132 Å². The Morgan fingerprint density at radius 3 is 1.41 bits per heavy atom. The number of alkyl halides is 1. The summed E-state index contributed by atoms with van der Waals surface area (Å²) < 4.78 is 5.72. The molecule has 0 fully saturated rings. The van der Waals surface area contributed by atoms with E-state index in [2.05, 4.69) is 41.7 Å². The van der Waals surface area contributed by atoms with Crippen LogP contribution >= 0.6 is 81.2 Å². The summed E-state index contributed by atoms with van der Waals surface area (Å²) in [5.41, 5.74) is 0.356. The number of para-hydroxylation sites is 2. The first kappa shape index (κ1) is 49.4. The van der Waals surface area contributed by atoms with Crippen LogP contribution in [-0.4, -0.2) is 59.8 Å².